The van der Waals surface area contributed by atoms with Crippen LogP contribution in [0.15, 0.2) is 30.3 Å². The zero-order valence-electron chi connectivity index (χ0n) is 9.65. The molecule has 1 atom stereocenters. The summed E-state index contributed by atoms with van der Waals surface area (Å²) in [5, 5.41) is 2.90. The second kappa shape index (κ2) is 5.12. The van der Waals surface area contributed by atoms with Crippen LogP contribution in [0.25, 0.3) is 0 Å². The molecule has 1 aromatic rings. The molecule has 0 radical (unpaired) electrons. The van der Waals surface area contributed by atoms with E-state index in [9.17, 15) is 4.79 Å². The zero-order valence-corrected chi connectivity index (χ0v) is 9.65. The smallest absolute Gasteiger partial charge is 0.234 e. The molecule has 1 saturated heterocycles. The molecule has 0 bridgehead atoms. The van der Waals surface area contributed by atoms with Crippen molar-refractivity contribution in [3.8, 4) is 0 Å². The van der Waals surface area contributed by atoms with Gasteiger partial charge in [0, 0.05) is 19.1 Å². The van der Waals surface area contributed by atoms with Gasteiger partial charge in [0.2, 0.25) is 5.91 Å². The third kappa shape index (κ3) is 2.61. The maximum Gasteiger partial charge on any atom is 0.234 e. The van der Waals surface area contributed by atoms with E-state index in [-0.39, 0.29) is 5.91 Å². The van der Waals surface area contributed by atoms with Gasteiger partial charge in [0.15, 0.2) is 0 Å². The van der Waals surface area contributed by atoms with Gasteiger partial charge in [0.05, 0.1) is 6.54 Å². The van der Waals surface area contributed by atoms with Crippen molar-refractivity contribution < 1.29 is 4.79 Å². The summed E-state index contributed by atoms with van der Waals surface area (Å²) in [6.07, 6.45) is 1.03. The number of benzene rings is 1. The molecule has 2 rings (SSSR count). The second-order valence-corrected chi connectivity index (χ2v) is 4.26. The van der Waals surface area contributed by atoms with Gasteiger partial charge in [-0.2, -0.15) is 0 Å². The van der Waals surface area contributed by atoms with Crippen molar-refractivity contribution in [1.82, 2.24) is 10.2 Å². The SMILES string of the molecule is CC(c1ccccc1)N1CCCNC(=O)C1. The molecule has 0 saturated carbocycles. The highest BCUT2D eigenvalue weighted by Crippen LogP contribution is 2.20. The molecule has 0 aromatic heterocycles. The number of nitrogens with one attached hydrogen (secondary N) is 1. The Morgan fingerprint density at radius 3 is 2.81 bits per heavy atom. The summed E-state index contributed by atoms with van der Waals surface area (Å²) in [5.74, 6) is 0.139. The van der Waals surface area contributed by atoms with E-state index in [0.29, 0.717) is 12.6 Å². The van der Waals surface area contributed by atoms with E-state index >= 15 is 0 Å². The minimum absolute atomic E-state index is 0.139. The quantitative estimate of drug-likeness (QED) is 0.817. The molecule has 3 nitrogen and oxygen atoms in total. The highest BCUT2D eigenvalue weighted by atomic mass is 16.2. The largest absolute Gasteiger partial charge is 0.355 e. The summed E-state index contributed by atoms with van der Waals surface area (Å²) in [6.45, 7) is 4.45. The minimum Gasteiger partial charge on any atom is -0.355 e. The van der Waals surface area contributed by atoms with Crippen LogP contribution in [0, 0.1) is 0 Å². The van der Waals surface area contributed by atoms with Crippen LogP contribution in [0.2, 0.25) is 0 Å². The van der Waals surface area contributed by atoms with Crippen molar-refractivity contribution in [1.29, 1.82) is 0 Å². The molecule has 0 aliphatic carbocycles. The Bertz CT molecular complexity index is 350. The first-order valence-corrected chi connectivity index (χ1v) is 5.83. The summed E-state index contributed by atoms with van der Waals surface area (Å²) in [7, 11) is 0. The number of hydrogen-bond donors (Lipinski definition) is 1. The fraction of sp³-hybridized carbons (Fsp3) is 0.462. The highest BCUT2D eigenvalue weighted by Gasteiger charge is 2.20. The average molecular weight is 218 g/mol. The lowest BCUT2D eigenvalue weighted by atomic mass is 10.1. The topological polar surface area (TPSA) is 32.3 Å². The minimum atomic E-state index is 0.139. The molecule has 86 valence electrons. The van der Waals surface area contributed by atoms with Gasteiger partial charge in [-0.1, -0.05) is 30.3 Å². The average Bonchev–Trinajstić information content (AvgIpc) is 2.54. The normalized spacial score (nSPS) is 19.9. The van der Waals surface area contributed by atoms with Gasteiger partial charge in [-0.15, -0.1) is 0 Å². The first-order valence-electron chi connectivity index (χ1n) is 5.83. The van der Waals surface area contributed by atoms with Crippen LogP contribution >= 0.6 is 0 Å². The summed E-state index contributed by atoms with van der Waals surface area (Å²) in [5.41, 5.74) is 1.28. The molecular weight excluding hydrogens is 200 g/mol. The summed E-state index contributed by atoms with van der Waals surface area (Å²) in [6, 6.07) is 10.7. The van der Waals surface area contributed by atoms with Crippen molar-refractivity contribution in [2.45, 2.75) is 19.4 Å². The van der Waals surface area contributed by atoms with E-state index in [2.05, 4.69) is 29.3 Å². The van der Waals surface area contributed by atoms with Gasteiger partial charge in [0.25, 0.3) is 0 Å². The van der Waals surface area contributed by atoms with Gasteiger partial charge in [-0.05, 0) is 18.9 Å². The maximum atomic E-state index is 11.5. The monoisotopic (exact) mass is 218 g/mol. The lowest BCUT2D eigenvalue weighted by Crippen LogP contribution is -2.34. The lowest BCUT2D eigenvalue weighted by Gasteiger charge is -2.26. The van der Waals surface area contributed by atoms with Gasteiger partial charge >= 0.3 is 0 Å². The van der Waals surface area contributed by atoms with E-state index < -0.39 is 0 Å². The molecule has 1 amide bonds. The van der Waals surface area contributed by atoms with Crippen LogP contribution in [0.5, 0.6) is 0 Å². The highest BCUT2D eigenvalue weighted by molar-refractivity contribution is 5.78. The fourth-order valence-electron chi connectivity index (χ4n) is 2.10. The Kier molecular flexibility index (Phi) is 3.57. The van der Waals surface area contributed by atoms with Crippen LogP contribution in [0.1, 0.15) is 24.9 Å². The van der Waals surface area contributed by atoms with Gasteiger partial charge in [-0.3, -0.25) is 9.69 Å². The first-order chi connectivity index (χ1) is 7.77. The molecule has 1 N–H and O–H groups in total. The Balaban J connectivity index is 2.08. The third-order valence-corrected chi connectivity index (χ3v) is 3.12. The Morgan fingerprint density at radius 2 is 2.06 bits per heavy atom. The molecular formula is C13H18N2O. The molecule has 1 heterocycles. The van der Waals surface area contributed by atoms with Crippen LogP contribution in [0.4, 0.5) is 0 Å². The van der Waals surface area contributed by atoms with E-state index in [0.717, 1.165) is 19.5 Å². The van der Waals surface area contributed by atoms with Crippen molar-refractivity contribution >= 4 is 5.91 Å². The van der Waals surface area contributed by atoms with E-state index in [4.69, 9.17) is 0 Å². The molecule has 1 aromatic carbocycles. The number of carbonyl (C=O) groups is 1. The summed E-state index contributed by atoms with van der Waals surface area (Å²) >= 11 is 0. The predicted octanol–water partition coefficient (Wildman–Crippen LogP) is 1.57. The van der Waals surface area contributed by atoms with Crippen LogP contribution in [-0.4, -0.2) is 30.4 Å². The van der Waals surface area contributed by atoms with E-state index in [1.165, 1.54) is 5.56 Å². The van der Waals surface area contributed by atoms with Crippen molar-refractivity contribution in [3.05, 3.63) is 35.9 Å². The summed E-state index contributed by atoms with van der Waals surface area (Å²) in [4.78, 5) is 13.7. The summed E-state index contributed by atoms with van der Waals surface area (Å²) < 4.78 is 0. The van der Waals surface area contributed by atoms with Crippen LogP contribution in [-0.2, 0) is 4.79 Å². The van der Waals surface area contributed by atoms with Crippen molar-refractivity contribution in [2.24, 2.45) is 0 Å². The standard InChI is InChI=1S/C13H18N2O/c1-11(12-6-3-2-4-7-12)15-9-5-8-14-13(16)10-15/h2-4,6-7,11H,5,8-10H2,1H3,(H,14,16). The molecule has 1 aliphatic rings. The van der Waals surface area contributed by atoms with Crippen LogP contribution in [0.3, 0.4) is 0 Å². The number of amides is 1. The fourth-order valence-corrected chi connectivity index (χ4v) is 2.10. The molecule has 16 heavy (non-hydrogen) atoms. The molecule has 0 spiro atoms. The molecule has 1 aliphatic heterocycles. The number of rotatable bonds is 2. The van der Waals surface area contributed by atoms with E-state index in [1.807, 2.05) is 18.2 Å². The Morgan fingerprint density at radius 1 is 1.31 bits per heavy atom. The molecule has 1 fully saturated rings. The second-order valence-electron chi connectivity index (χ2n) is 4.26. The Labute approximate surface area is 96.5 Å². The van der Waals surface area contributed by atoms with Gasteiger partial charge < -0.3 is 5.32 Å². The van der Waals surface area contributed by atoms with Crippen molar-refractivity contribution in [3.63, 3.8) is 0 Å². The number of hydrogen-bond acceptors (Lipinski definition) is 2. The number of nitrogens with zero attached hydrogens (tertiary/aromatic N) is 1. The van der Waals surface area contributed by atoms with E-state index in [1.54, 1.807) is 0 Å². The predicted molar refractivity (Wildman–Crippen MR) is 64.1 cm³/mol. The lowest BCUT2D eigenvalue weighted by molar-refractivity contribution is -0.121. The van der Waals surface area contributed by atoms with Crippen LogP contribution < -0.4 is 5.32 Å². The Hall–Kier alpha value is -1.35. The maximum absolute atomic E-state index is 11.5. The van der Waals surface area contributed by atoms with Gasteiger partial charge in [0.1, 0.15) is 0 Å². The zero-order chi connectivity index (χ0) is 11.4. The van der Waals surface area contributed by atoms with Crippen molar-refractivity contribution in [2.75, 3.05) is 19.6 Å². The number of carbonyl (C=O) groups excluding carboxylic acids is 1. The first kappa shape index (κ1) is 11.1. The molecule has 3 heteroatoms. The molecule has 1 unspecified atom stereocenters. The van der Waals surface area contributed by atoms with Gasteiger partial charge in [-0.25, -0.2) is 0 Å². The third-order valence-electron chi connectivity index (χ3n) is 3.12.